The van der Waals surface area contributed by atoms with Gasteiger partial charge in [-0.15, -0.1) is 0 Å². The highest BCUT2D eigenvalue weighted by Crippen LogP contribution is 2.64. The maximum absolute atomic E-state index is 2.51. The first-order valence-corrected chi connectivity index (χ1v) is 23.6. The van der Waals surface area contributed by atoms with Gasteiger partial charge in [0.2, 0.25) is 0 Å². The van der Waals surface area contributed by atoms with Gasteiger partial charge < -0.3 is 0 Å². The summed E-state index contributed by atoms with van der Waals surface area (Å²) in [5.74, 6) is 0. The molecule has 316 valence electrons. The molecule has 0 aliphatic heterocycles. The number of allylic oxidation sites excluding steroid dienone is 5. The van der Waals surface area contributed by atoms with Crippen LogP contribution in [0.5, 0.6) is 0 Å². The minimum absolute atomic E-state index is 1.19. The molecule has 2 aliphatic carbocycles. The van der Waals surface area contributed by atoms with E-state index >= 15 is 0 Å². The summed E-state index contributed by atoms with van der Waals surface area (Å²) in [6.07, 6.45) is 0. The van der Waals surface area contributed by atoms with Crippen LogP contribution in [-0.4, -0.2) is 0 Å². The Morgan fingerprint density at radius 1 is 0.147 bits per heavy atom. The summed E-state index contributed by atoms with van der Waals surface area (Å²) in [6.45, 7) is 0. The van der Waals surface area contributed by atoms with E-state index < -0.39 is 0 Å². The van der Waals surface area contributed by atoms with Crippen LogP contribution in [0.4, 0.5) is 0 Å². The molecular weight excluding hydrogens is 817 g/mol. The maximum Gasteiger partial charge on any atom is -0.000115 e. The third-order valence-electron chi connectivity index (χ3n) is 14.0. The lowest BCUT2D eigenvalue weighted by Crippen LogP contribution is -1.99. The fourth-order valence-electron chi connectivity index (χ4n) is 11.1. The van der Waals surface area contributed by atoms with Gasteiger partial charge in [-0.2, -0.15) is 0 Å². The smallest absolute Gasteiger partial charge is 0.000115 e. The van der Waals surface area contributed by atoms with Crippen LogP contribution in [0.15, 0.2) is 272 Å². The molecule has 0 nitrogen and oxygen atoms in total. The Labute approximate surface area is 397 Å². The van der Waals surface area contributed by atoms with Gasteiger partial charge in [0.25, 0.3) is 0 Å². The first-order chi connectivity index (χ1) is 33.8. The molecule has 0 heteroatoms. The van der Waals surface area contributed by atoms with Gasteiger partial charge in [0, 0.05) is 0 Å². The quantitative estimate of drug-likeness (QED) is 0.143. The number of benzene rings is 11. The van der Waals surface area contributed by atoms with E-state index in [0.717, 1.165) is 0 Å². The Kier molecular flexibility index (Phi) is 9.62. The van der Waals surface area contributed by atoms with E-state index in [2.05, 4.69) is 267 Å². The van der Waals surface area contributed by atoms with Crippen molar-refractivity contribution in [3.05, 3.63) is 306 Å². The van der Waals surface area contributed by atoms with Gasteiger partial charge in [-0.05, 0) is 145 Å². The summed E-state index contributed by atoms with van der Waals surface area (Å²) < 4.78 is 0. The van der Waals surface area contributed by atoms with Crippen molar-refractivity contribution in [1.29, 1.82) is 0 Å². The lowest BCUT2D eigenvalue weighted by molar-refractivity contribution is 1.51. The Morgan fingerprint density at radius 2 is 0.456 bits per heavy atom. The lowest BCUT2D eigenvalue weighted by Gasteiger charge is -2.22. The van der Waals surface area contributed by atoms with Crippen LogP contribution in [0.3, 0.4) is 0 Å². The fraction of sp³-hybridized carbons (Fsp3) is 0. The third-order valence-corrected chi connectivity index (χ3v) is 14.0. The molecule has 0 N–H and O–H groups in total. The van der Waals surface area contributed by atoms with E-state index in [0.29, 0.717) is 0 Å². The van der Waals surface area contributed by atoms with Crippen molar-refractivity contribution in [1.82, 2.24) is 0 Å². The van der Waals surface area contributed by atoms with Crippen LogP contribution in [0, 0.1) is 0 Å². The zero-order valence-electron chi connectivity index (χ0n) is 37.4. The Bertz CT molecular complexity index is 3840. The summed E-state index contributed by atoms with van der Waals surface area (Å²) in [6, 6.07) is 98.6. The number of hydrogen-bond donors (Lipinski definition) is 0. The predicted molar refractivity (Wildman–Crippen MR) is 289 cm³/mol. The summed E-state index contributed by atoms with van der Waals surface area (Å²) >= 11 is 0. The van der Waals surface area contributed by atoms with E-state index in [9.17, 15) is 0 Å². The van der Waals surface area contributed by atoms with Crippen molar-refractivity contribution in [2.24, 2.45) is 0 Å². The molecular formula is C68H44. The van der Waals surface area contributed by atoms with Gasteiger partial charge in [0.1, 0.15) is 0 Å². The molecule has 11 aromatic carbocycles. The second-order valence-electron chi connectivity index (χ2n) is 17.8. The Hall–Kier alpha value is -8.84. The largest absolute Gasteiger partial charge is 0.0622 e. The van der Waals surface area contributed by atoms with Crippen molar-refractivity contribution in [2.45, 2.75) is 0 Å². The summed E-state index contributed by atoms with van der Waals surface area (Å²) in [7, 11) is 0. The standard InChI is InChI=1S/C68H44/c1-5-23-47(24-6-1)59-43-61-62(44-60(59)48-25-7-2-8-26-48)67-64(50-31-11-4-12-32-50)65(57-39-19-17-37-55(57)53-41-21-33-45-27-13-15-35-51(45)53)66(68(67)63(61)49-29-9-3-10-30-49)58-40-20-18-38-56(58)54-42-22-34-46-28-14-16-36-52(46)54/h1-44H. The number of rotatable bonds is 8. The monoisotopic (exact) mass is 860 g/mol. The Balaban J connectivity index is 1.23. The molecule has 0 heterocycles. The van der Waals surface area contributed by atoms with Crippen molar-refractivity contribution in [3.8, 4) is 44.5 Å². The van der Waals surface area contributed by atoms with E-state index in [4.69, 9.17) is 0 Å². The fourth-order valence-corrected chi connectivity index (χ4v) is 11.1. The molecule has 68 heavy (non-hydrogen) atoms. The van der Waals surface area contributed by atoms with Gasteiger partial charge in [0.15, 0.2) is 0 Å². The summed E-state index contributed by atoms with van der Waals surface area (Å²) in [5, 5.41) is 4.93. The summed E-state index contributed by atoms with van der Waals surface area (Å²) in [4.78, 5) is 0. The minimum atomic E-state index is 1.19. The van der Waals surface area contributed by atoms with Gasteiger partial charge in [-0.1, -0.05) is 255 Å². The van der Waals surface area contributed by atoms with Crippen LogP contribution < -0.4 is 0 Å². The molecule has 2 aliphatic rings. The van der Waals surface area contributed by atoms with E-state index in [1.54, 1.807) is 0 Å². The average Bonchev–Trinajstić information content (AvgIpc) is 3.93. The molecule has 0 aromatic heterocycles. The molecule has 0 bridgehead atoms. The van der Waals surface area contributed by atoms with E-state index in [1.807, 2.05) is 0 Å². The van der Waals surface area contributed by atoms with Crippen LogP contribution >= 0.6 is 0 Å². The lowest BCUT2D eigenvalue weighted by atomic mass is 9.81. The van der Waals surface area contributed by atoms with Crippen molar-refractivity contribution in [3.63, 3.8) is 0 Å². The molecule has 11 aromatic rings. The van der Waals surface area contributed by atoms with E-state index in [1.165, 1.54) is 133 Å². The highest BCUT2D eigenvalue weighted by molar-refractivity contribution is 6.40. The van der Waals surface area contributed by atoms with Crippen molar-refractivity contribution < 1.29 is 0 Å². The molecule has 0 atom stereocenters. The third kappa shape index (κ3) is 6.45. The number of fused-ring (bicyclic) bond motifs is 5. The molecule has 0 amide bonds. The van der Waals surface area contributed by atoms with Gasteiger partial charge >= 0.3 is 0 Å². The highest BCUT2D eigenvalue weighted by atomic mass is 14.4. The van der Waals surface area contributed by atoms with Gasteiger partial charge in [0.05, 0.1) is 0 Å². The van der Waals surface area contributed by atoms with Crippen LogP contribution in [0.2, 0.25) is 0 Å². The number of hydrogen-bond acceptors (Lipinski definition) is 0. The second-order valence-corrected chi connectivity index (χ2v) is 17.8. The molecule has 0 saturated heterocycles. The maximum atomic E-state index is 2.51. The SMILES string of the molecule is c1ccc(C2=C3C(=C(c4ccccc4)c4cc(-c5ccccc5)c(-c5ccccc5)cc43)C(c3ccccc3-c3cccc4ccccc34)=C2c2ccccc2-c2cccc3ccccc23)cc1. The normalized spacial score (nSPS) is 13.1. The zero-order valence-corrected chi connectivity index (χ0v) is 37.4. The molecule has 0 saturated carbocycles. The highest BCUT2D eigenvalue weighted by Gasteiger charge is 2.42. The molecule has 0 unspecified atom stereocenters. The second kappa shape index (κ2) is 16.5. The van der Waals surface area contributed by atoms with Crippen LogP contribution in [-0.2, 0) is 0 Å². The van der Waals surface area contributed by atoms with Gasteiger partial charge in [-0.3, -0.25) is 0 Å². The van der Waals surface area contributed by atoms with Crippen LogP contribution in [0.1, 0.15) is 33.4 Å². The average molecular weight is 861 g/mol. The van der Waals surface area contributed by atoms with E-state index in [-0.39, 0.29) is 0 Å². The molecule has 0 radical (unpaired) electrons. The molecule has 0 spiro atoms. The minimum Gasteiger partial charge on any atom is -0.0622 e. The van der Waals surface area contributed by atoms with Crippen molar-refractivity contribution in [2.75, 3.05) is 0 Å². The molecule has 13 rings (SSSR count). The van der Waals surface area contributed by atoms with Crippen LogP contribution in [0.25, 0.3) is 93.9 Å². The topological polar surface area (TPSA) is 0 Å². The first-order valence-electron chi connectivity index (χ1n) is 23.6. The summed E-state index contributed by atoms with van der Waals surface area (Å²) in [5.41, 5.74) is 24.5. The Morgan fingerprint density at radius 3 is 0.926 bits per heavy atom. The molecule has 0 fully saturated rings. The van der Waals surface area contributed by atoms with Gasteiger partial charge in [-0.25, -0.2) is 0 Å². The van der Waals surface area contributed by atoms with Crippen molar-refractivity contribution >= 4 is 49.4 Å². The predicted octanol–water partition coefficient (Wildman–Crippen LogP) is 18.0. The zero-order chi connectivity index (χ0) is 45.0. The first kappa shape index (κ1) is 39.5.